The van der Waals surface area contributed by atoms with Crippen molar-refractivity contribution in [3.05, 3.63) is 40.2 Å². The Kier molecular flexibility index (Phi) is 2.90. The summed E-state index contributed by atoms with van der Waals surface area (Å²) in [7, 11) is -2.63. The molecule has 2 rings (SSSR count). The largest absolute Gasteiger partial charge is 0.466 e. The molecule has 2 nitrogen and oxygen atoms in total. The van der Waals surface area contributed by atoms with Gasteiger partial charge in [0.1, 0.15) is 5.83 Å². The van der Waals surface area contributed by atoms with Gasteiger partial charge in [0.2, 0.25) is 0 Å². The van der Waals surface area contributed by atoms with Gasteiger partial charge in [0.05, 0.1) is 11.4 Å². The van der Waals surface area contributed by atoms with Gasteiger partial charge in [-0.3, -0.25) is 0 Å². The van der Waals surface area contributed by atoms with Crippen LogP contribution in [0.25, 0.3) is 5.83 Å². The Hall–Kier alpha value is -1.48. The van der Waals surface area contributed by atoms with E-state index in [0.717, 1.165) is 0 Å². The summed E-state index contributed by atoms with van der Waals surface area (Å²) >= 11 is 0. The van der Waals surface area contributed by atoms with Crippen LogP contribution in [0.2, 0.25) is 0 Å². The highest BCUT2D eigenvalue weighted by atomic mass is 19.2. The van der Waals surface area contributed by atoms with Gasteiger partial charge in [0.15, 0.2) is 29.1 Å². The number of fused-ring (bicyclic) bond motifs is 1. The van der Waals surface area contributed by atoms with Crippen molar-refractivity contribution < 1.29 is 36.4 Å². The lowest BCUT2D eigenvalue weighted by atomic mass is 9.69. The SMILES string of the molecule is OB(O)C1C(F)=C(F)c2c(F)c(F)c(F)c(F)c21. The molecule has 0 aliphatic heterocycles. The van der Waals surface area contributed by atoms with Crippen molar-refractivity contribution in [1.82, 2.24) is 0 Å². The van der Waals surface area contributed by atoms with Gasteiger partial charge in [-0.25, -0.2) is 26.3 Å². The molecule has 0 fully saturated rings. The zero-order valence-electron chi connectivity index (χ0n) is 8.32. The minimum absolute atomic E-state index is 1.29. The molecule has 0 saturated heterocycles. The van der Waals surface area contributed by atoms with E-state index < -0.39 is 59.0 Å². The van der Waals surface area contributed by atoms with Gasteiger partial charge in [0, 0.05) is 5.56 Å². The first-order valence-electron chi connectivity index (χ1n) is 4.56. The van der Waals surface area contributed by atoms with Crippen LogP contribution in [-0.2, 0) is 0 Å². The number of hydrogen-bond donors (Lipinski definition) is 2. The summed E-state index contributed by atoms with van der Waals surface area (Å²) < 4.78 is 78.8. The van der Waals surface area contributed by atoms with Gasteiger partial charge in [0.25, 0.3) is 0 Å². The Labute approximate surface area is 96.3 Å². The first kappa shape index (κ1) is 13.0. The molecular formula is C9H3BF6O2. The molecule has 0 bridgehead atoms. The Balaban J connectivity index is 2.85. The van der Waals surface area contributed by atoms with Crippen LogP contribution in [0.3, 0.4) is 0 Å². The molecule has 1 unspecified atom stereocenters. The van der Waals surface area contributed by atoms with Gasteiger partial charge >= 0.3 is 7.12 Å². The molecule has 2 N–H and O–H groups in total. The lowest BCUT2D eigenvalue weighted by Crippen LogP contribution is -2.24. The van der Waals surface area contributed by atoms with Crippen LogP contribution < -0.4 is 0 Å². The maximum absolute atomic E-state index is 13.3. The molecule has 96 valence electrons. The number of allylic oxidation sites excluding steroid dienone is 1. The van der Waals surface area contributed by atoms with Crippen molar-refractivity contribution in [3.8, 4) is 0 Å². The van der Waals surface area contributed by atoms with Crippen LogP contribution in [0.4, 0.5) is 26.3 Å². The van der Waals surface area contributed by atoms with Gasteiger partial charge in [-0.05, 0) is 0 Å². The first-order chi connectivity index (χ1) is 8.29. The fraction of sp³-hybridized carbons (Fsp3) is 0.111. The third kappa shape index (κ3) is 1.47. The van der Waals surface area contributed by atoms with E-state index in [4.69, 9.17) is 10.0 Å². The molecule has 1 aromatic carbocycles. The van der Waals surface area contributed by atoms with Crippen LogP contribution in [0.15, 0.2) is 5.83 Å². The van der Waals surface area contributed by atoms with E-state index in [9.17, 15) is 26.3 Å². The molecule has 9 heteroatoms. The average molecular weight is 268 g/mol. The Bertz CT molecular complexity index is 571. The standard InChI is InChI=1S/C9H3BF6O2/c11-4-1-2(6(13)9(16)8(4)15)5(12)7(14)3(1)10(17)18/h3,17-18H. The zero-order valence-corrected chi connectivity index (χ0v) is 8.32. The van der Waals surface area contributed by atoms with E-state index in [0.29, 0.717) is 0 Å². The van der Waals surface area contributed by atoms with Crippen molar-refractivity contribution in [2.45, 2.75) is 5.82 Å². The Morgan fingerprint density at radius 3 is 1.78 bits per heavy atom. The highest BCUT2D eigenvalue weighted by Gasteiger charge is 2.46. The van der Waals surface area contributed by atoms with Crippen LogP contribution in [-0.4, -0.2) is 17.2 Å². The minimum atomic E-state index is -2.63. The normalized spacial score (nSPS) is 18.3. The lowest BCUT2D eigenvalue weighted by molar-refractivity contribution is 0.375. The highest BCUT2D eigenvalue weighted by molar-refractivity contribution is 6.45. The Morgan fingerprint density at radius 2 is 1.28 bits per heavy atom. The summed E-state index contributed by atoms with van der Waals surface area (Å²) in [5, 5.41) is 17.5. The molecule has 0 spiro atoms. The monoisotopic (exact) mass is 268 g/mol. The van der Waals surface area contributed by atoms with E-state index in [-0.39, 0.29) is 0 Å². The van der Waals surface area contributed by atoms with Gasteiger partial charge in [-0.15, -0.1) is 0 Å². The van der Waals surface area contributed by atoms with Crippen molar-refractivity contribution >= 4 is 12.9 Å². The van der Waals surface area contributed by atoms with E-state index in [1.807, 2.05) is 0 Å². The summed E-state index contributed by atoms with van der Waals surface area (Å²) in [5.74, 6) is -15.0. The van der Waals surface area contributed by atoms with Crippen molar-refractivity contribution in [1.29, 1.82) is 0 Å². The third-order valence-corrected chi connectivity index (χ3v) is 2.61. The fourth-order valence-electron chi connectivity index (χ4n) is 1.82. The average Bonchev–Trinajstić information content (AvgIpc) is 2.57. The second-order valence-corrected chi connectivity index (χ2v) is 3.60. The lowest BCUT2D eigenvalue weighted by Gasteiger charge is -2.12. The topological polar surface area (TPSA) is 40.5 Å². The van der Waals surface area contributed by atoms with E-state index in [2.05, 4.69) is 0 Å². The van der Waals surface area contributed by atoms with Crippen molar-refractivity contribution in [3.63, 3.8) is 0 Å². The van der Waals surface area contributed by atoms with E-state index >= 15 is 0 Å². The first-order valence-corrected chi connectivity index (χ1v) is 4.56. The molecule has 1 atom stereocenters. The molecule has 0 amide bonds. The zero-order chi connectivity index (χ0) is 13.8. The molecule has 0 radical (unpaired) electrons. The van der Waals surface area contributed by atoms with Crippen molar-refractivity contribution in [2.75, 3.05) is 0 Å². The summed E-state index contributed by atoms with van der Waals surface area (Å²) in [6.07, 6.45) is 0. The second kappa shape index (κ2) is 4.03. The molecule has 0 aromatic heterocycles. The summed E-state index contributed by atoms with van der Waals surface area (Å²) in [6, 6.07) is 0. The predicted molar refractivity (Wildman–Crippen MR) is 48.3 cm³/mol. The Morgan fingerprint density at radius 1 is 0.778 bits per heavy atom. The quantitative estimate of drug-likeness (QED) is 0.354. The van der Waals surface area contributed by atoms with Gasteiger partial charge in [-0.1, -0.05) is 0 Å². The van der Waals surface area contributed by atoms with Crippen LogP contribution in [0, 0.1) is 23.3 Å². The molecule has 1 aliphatic carbocycles. The maximum atomic E-state index is 13.3. The molecule has 18 heavy (non-hydrogen) atoms. The molecule has 0 heterocycles. The maximum Gasteiger partial charge on any atom is 0.466 e. The summed E-state index contributed by atoms with van der Waals surface area (Å²) in [4.78, 5) is 0. The number of rotatable bonds is 1. The fourth-order valence-corrected chi connectivity index (χ4v) is 1.82. The van der Waals surface area contributed by atoms with Gasteiger partial charge < -0.3 is 10.0 Å². The molecular weight excluding hydrogens is 265 g/mol. The van der Waals surface area contributed by atoms with Crippen LogP contribution >= 0.6 is 0 Å². The van der Waals surface area contributed by atoms with E-state index in [1.54, 1.807) is 0 Å². The van der Waals surface area contributed by atoms with Crippen LogP contribution in [0.5, 0.6) is 0 Å². The molecule has 1 aliphatic rings. The summed E-state index contributed by atoms with van der Waals surface area (Å²) in [6.45, 7) is 0. The molecule has 0 saturated carbocycles. The number of benzene rings is 1. The number of halogens is 6. The predicted octanol–water partition coefficient (Wildman–Crippen LogP) is 1.96. The third-order valence-electron chi connectivity index (χ3n) is 2.61. The van der Waals surface area contributed by atoms with Crippen LogP contribution in [0.1, 0.15) is 16.9 Å². The highest BCUT2D eigenvalue weighted by Crippen LogP contribution is 2.47. The minimum Gasteiger partial charge on any atom is -0.426 e. The molecule has 1 aromatic rings. The smallest absolute Gasteiger partial charge is 0.426 e. The van der Waals surface area contributed by atoms with Gasteiger partial charge in [-0.2, -0.15) is 0 Å². The second-order valence-electron chi connectivity index (χ2n) is 3.60. The summed E-state index contributed by atoms with van der Waals surface area (Å²) in [5.41, 5.74) is -2.77. The van der Waals surface area contributed by atoms with E-state index in [1.165, 1.54) is 0 Å². The van der Waals surface area contributed by atoms with Crippen molar-refractivity contribution in [2.24, 2.45) is 0 Å². The number of hydrogen-bond acceptors (Lipinski definition) is 2.